The van der Waals surface area contributed by atoms with Crippen LogP contribution in [0.4, 0.5) is 5.69 Å². The molecular formula is C16H19NO4. The SMILES string of the molecule is CC(=O)C(CC(=O)Nc1ccccc1)OC(=O)CC1CC1. The highest BCUT2D eigenvalue weighted by Gasteiger charge is 2.28. The second-order valence-corrected chi connectivity index (χ2v) is 5.35. The van der Waals surface area contributed by atoms with E-state index in [-0.39, 0.29) is 18.1 Å². The molecule has 1 aromatic rings. The molecule has 0 aliphatic heterocycles. The number of para-hydroxylation sites is 1. The minimum absolute atomic E-state index is 0.152. The predicted octanol–water partition coefficient (Wildman–Crippen LogP) is 2.32. The van der Waals surface area contributed by atoms with E-state index in [4.69, 9.17) is 4.74 Å². The fourth-order valence-electron chi connectivity index (χ4n) is 1.93. The van der Waals surface area contributed by atoms with Crippen LogP contribution in [0.5, 0.6) is 0 Å². The summed E-state index contributed by atoms with van der Waals surface area (Å²) in [5.41, 5.74) is 0.647. The molecule has 1 N–H and O–H groups in total. The minimum atomic E-state index is -1.00. The standard InChI is InChI=1S/C16H19NO4/c1-11(18)14(21-16(20)9-12-7-8-12)10-15(19)17-13-5-3-2-4-6-13/h2-6,12,14H,7-10H2,1H3,(H,17,19). The van der Waals surface area contributed by atoms with Gasteiger partial charge in [0.1, 0.15) is 0 Å². The molecule has 2 rings (SSSR count). The quantitative estimate of drug-likeness (QED) is 0.782. The maximum absolute atomic E-state index is 11.9. The Bertz CT molecular complexity index is 522. The summed E-state index contributed by atoms with van der Waals surface area (Å²) in [6.07, 6.45) is 1.26. The largest absolute Gasteiger partial charge is 0.454 e. The van der Waals surface area contributed by atoms with Crippen LogP contribution in [0, 0.1) is 5.92 Å². The summed E-state index contributed by atoms with van der Waals surface area (Å²) >= 11 is 0. The Labute approximate surface area is 123 Å². The first-order valence-electron chi connectivity index (χ1n) is 7.09. The lowest BCUT2D eigenvalue weighted by Crippen LogP contribution is -2.30. The molecule has 0 saturated heterocycles. The number of esters is 1. The van der Waals surface area contributed by atoms with Gasteiger partial charge in [-0.05, 0) is 37.8 Å². The van der Waals surface area contributed by atoms with Crippen molar-refractivity contribution in [1.29, 1.82) is 0 Å². The van der Waals surface area contributed by atoms with Crippen molar-refractivity contribution in [3.8, 4) is 0 Å². The predicted molar refractivity (Wildman–Crippen MR) is 77.6 cm³/mol. The number of Topliss-reactive ketones (excluding diaryl/α,β-unsaturated/α-hetero) is 1. The highest BCUT2D eigenvalue weighted by Crippen LogP contribution is 2.32. The molecule has 0 bridgehead atoms. The lowest BCUT2D eigenvalue weighted by Gasteiger charge is -2.15. The van der Waals surface area contributed by atoms with E-state index >= 15 is 0 Å². The van der Waals surface area contributed by atoms with Crippen molar-refractivity contribution in [3.63, 3.8) is 0 Å². The van der Waals surface area contributed by atoms with Crippen molar-refractivity contribution in [2.24, 2.45) is 5.92 Å². The Hall–Kier alpha value is -2.17. The van der Waals surface area contributed by atoms with Crippen molar-refractivity contribution in [2.45, 2.75) is 38.7 Å². The molecule has 0 heterocycles. The Kier molecular flexibility index (Phi) is 5.09. The van der Waals surface area contributed by atoms with E-state index < -0.39 is 12.1 Å². The zero-order valence-corrected chi connectivity index (χ0v) is 12.0. The maximum Gasteiger partial charge on any atom is 0.306 e. The number of benzene rings is 1. The minimum Gasteiger partial charge on any atom is -0.454 e. The summed E-state index contributed by atoms with van der Waals surface area (Å²) in [4.78, 5) is 35.0. The molecule has 1 amide bonds. The summed E-state index contributed by atoms with van der Waals surface area (Å²) < 4.78 is 5.12. The third-order valence-electron chi connectivity index (χ3n) is 3.31. The van der Waals surface area contributed by atoms with Crippen LogP contribution in [0.2, 0.25) is 0 Å². The molecule has 5 nitrogen and oxygen atoms in total. The van der Waals surface area contributed by atoms with Gasteiger partial charge in [-0.2, -0.15) is 0 Å². The highest BCUT2D eigenvalue weighted by molar-refractivity contribution is 5.95. The van der Waals surface area contributed by atoms with E-state index in [9.17, 15) is 14.4 Å². The number of carbonyl (C=O) groups excluding carboxylic acids is 3. The van der Waals surface area contributed by atoms with Crippen molar-refractivity contribution in [1.82, 2.24) is 0 Å². The third kappa shape index (κ3) is 5.38. The number of rotatable bonds is 7. The molecule has 112 valence electrons. The molecule has 21 heavy (non-hydrogen) atoms. The Morgan fingerprint density at radius 1 is 1.24 bits per heavy atom. The molecule has 0 radical (unpaired) electrons. The van der Waals surface area contributed by atoms with E-state index in [1.54, 1.807) is 24.3 Å². The first-order chi connectivity index (χ1) is 10.0. The van der Waals surface area contributed by atoms with Crippen LogP contribution < -0.4 is 5.32 Å². The Morgan fingerprint density at radius 2 is 1.90 bits per heavy atom. The van der Waals surface area contributed by atoms with Crippen LogP contribution in [0.1, 0.15) is 32.6 Å². The van der Waals surface area contributed by atoms with Gasteiger partial charge < -0.3 is 10.1 Å². The zero-order valence-electron chi connectivity index (χ0n) is 12.0. The van der Waals surface area contributed by atoms with Gasteiger partial charge in [0.2, 0.25) is 5.91 Å². The van der Waals surface area contributed by atoms with E-state index in [2.05, 4.69) is 5.32 Å². The van der Waals surface area contributed by atoms with E-state index in [0.717, 1.165) is 12.8 Å². The number of hydrogen-bond acceptors (Lipinski definition) is 4. The van der Waals surface area contributed by atoms with Crippen LogP contribution in [0.25, 0.3) is 0 Å². The number of ketones is 1. The molecule has 5 heteroatoms. The molecule has 1 fully saturated rings. The lowest BCUT2D eigenvalue weighted by molar-refractivity contribution is -0.156. The fraction of sp³-hybridized carbons (Fsp3) is 0.438. The average Bonchev–Trinajstić information content (AvgIpc) is 3.22. The summed E-state index contributed by atoms with van der Waals surface area (Å²) in [6, 6.07) is 8.94. The smallest absolute Gasteiger partial charge is 0.306 e. The van der Waals surface area contributed by atoms with Crippen molar-refractivity contribution in [2.75, 3.05) is 5.32 Å². The Balaban J connectivity index is 1.84. The van der Waals surface area contributed by atoms with Gasteiger partial charge in [0.05, 0.1) is 6.42 Å². The number of amides is 1. The van der Waals surface area contributed by atoms with Crippen LogP contribution in [0.15, 0.2) is 30.3 Å². The number of hydrogen-bond donors (Lipinski definition) is 1. The highest BCUT2D eigenvalue weighted by atomic mass is 16.5. The maximum atomic E-state index is 11.9. The second-order valence-electron chi connectivity index (χ2n) is 5.35. The normalized spacial score (nSPS) is 15.1. The molecule has 1 aliphatic carbocycles. The Morgan fingerprint density at radius 3 is 2.48 bits per heavy atom. The van der Waals surface area contributed by atoms with Crippen molar-refractivity contribution >= 4 is 23.3 Å². The molecule has 1 aromatic carbocycles. The number of nitrogens with one attached hydrogen (secondary N) is 1. The van der Waals surface area contributed by atoms with Gasteiger partial charge in [0.15, 0.2) is 11.9 Å². The van der Waals surface area contributed by atoms with E-state index in [0.29, 0.717) is 18.0 Å². The van der Waals surface area contributed by atoms with Gasteiger partial charge in [-0.15, -0.1) is 0 Å². The van der Waals surface area contributed by atoms with Gasteiger partial charge in [-0.3, -0.25) is 14.4 Å². The number of ether oxygens (including phenoxy) is 1. The summed E-state index contributed by atoms with van der Waals surface area (Å²) in [6.45, 7) is 1.32. The second kappa shape index (κ2) is 7.02. The fourth-order valence-corrected chi connectivity index (χ4v) is 1.93. The van der Waals surface area contributed by atoms with E-state index in [1.807, 2.05) is 6.07 Å². The van der Waals surface area contributed by atoms with Gasteiger partial charge >= 0.3 is 5.97 Å². The van der Waals surface area contributed by atoms with Gasteiger partial charge in [-0.1, -0.05) is 18.2 Å². The van der Waals surface area contributed by atoms with Crippen LogP contribution in [-0.4, -0.2) is 23.8 Å². The molecule has 0 aromatic heterocycles. The topological polar surface area (TPSA) is 72.5 Å². The first-order valence-corrected chi connectivity index (χ1v) is 7.09. The molecule has 1 unspecified atom stereocenters. The van der Waals surface area contributed by atoms with Gasteiger partial charge in [-0.25, -0.2) is 0 Å². The first kappa shape index (κ1) is 15.2. The van der Waals surface area contributed by atoms with Crippen molar-refractivity contribution in [3.05, 3.63) is 30.3 Å². The average molecular weight is 289 g/mol. The van der Waals surface area contributed by atoms with Gasteiger partial charge in [0.25, 0.3) is 0 Å². The molecular weight excluding hydrogens is 270 g/mol. The zero-order chi connectivity index (χ0) is 15.2. The lowest BCUT2D eigenvalue weighted by atomic mass is 10.1. The summed E-state index contributed by atoms with van der Waals surface area (Å²) in [5.74, 6) is -0.670. The summed E-state index contributed by atoms with van der Waals surface area (Å²) in [7, 11) is 0. The summed E-state index contributed by atoms with van der Waals surface area (Å²) in [5, 5.41) is 2.67. The molecule has 1 saturated carbocycles. The van der Waals surface area contributed by atoms with Crippen molar-refractivity contribution < 1.29 is 19.1 Å². The number of anilines is 1. The van der Waals surface area contributed by atoms with Crippen LogP contribution in [-0.2, 0) is 19.1 Å². The molecule has 1 atom stereocenters. The van der Waals surface area contributed by atoms with E-state index in [1.165, 1.54) is 6.92 Å². The number of carbonyl (C=O) groups is 3. The monoisotopic (exact) mass is 289 g/mol. The molecule has 1 aliphatic rings. The molecule has 0 spiro atoms. The van der Waals surface area contributed by atoms with Crippen LogP contribution in [0.3, 0.4) is 0 Å². The van der Waals surface area contributed by atoms with Crippen LogP contribution >= 0.6 is 0 Å². The van der Waals surface area contributed by atoms with Gasteiger partial charge in [0, 0.05) is 12.1 Å². The third-order valence-corrected chi connectivity index (χ3v) is 3.31.